The number of nitrogens with zero attached hydrogens (tertiary/aromatic N) is 2. The van der Waals surface area contributed by atoms with E-state index in [1.807, 2.05) is 6.92 Å². The second-order valence-corrected chi connectivity index (χ2v) is 4.73. The summed E-state index contributed by atoms with van der Waals surface area (Å²) in [5.41, 5.74) is 0. The van der Waals surface area contributed by atoms with Crippen molar-refractivity contribution in [3.63, 3.8) is 0 Å². The number of hydrogen-bond donors (Lipinski definition) is 2. The molecule has 0 aromatic rings. The molecular formula is C13H26ClN3O4. The third-order valence-corrected chi connectivity index (χ3v) is 3.43. The van der Waals surface area contributed by atoms with Crippen molar-refractivity contribution in [3.8, 4) is 0 Å². The number of hydrogen-bond acceptors (Lipinski definition) is 5. The lowest BCUT2D eigenvalue weighted by molar-refractivity contribution is -0.141. The van der Waals surface area contributed by atoms with Crippen molar-refractivity contribution < 1.29 is 19.4 Å². The number of rotatable bonds is 8. The number of nitrogens with one attached hydrogen (secondary N) is 1. The van der Waals surface area contributed by atoms with Crippen LogP contribution in [-0.2, 0) is 14.3 Å². The molecule has 1 rings (SSSR count). The molecule has 0 saturated carbocycles. The van der Waals surface area contributed by atoms with Gasteiger partial charge in [0.05, 0.1) is 25.7 Å². The topological polar surface area (TPSA) is 82.1 Å². The van der Waals surface area contributed by atoms with Gasteiger partial charge in [-0.05, 0) is 6.92 Å². The average Bonchev–Trinajstić information content (AvgIpc) is 2.45. The zero-order valence-corrected chi connectivity index (χ0v) is 13.5. The Bertz CT molecular complexity index is 331. The molecule has 0 spiro atoms. The van der Waals surface area contributed by atoms with Crippen LogP contribution in [0.5, 0.6) is 0 Å². The number of amides is 2. The van der Waals surface area contributed by atoms with Crippen molar-refractivity contribution in [2.75, 3.05) is 53.0 Å². The van der Waals surface area contributed by atoms with E-state index < -0.39 is 6.04 Å². The van der Waals surface area contributed by atoms with Gasteiger partial charge in [0.1, 0.15) is 0 Å². The minimum absolute atomic E-state index is 0. The third kappa shape index (κ3) is 6.17. The standard InChI is InChI=1S/C13H25N3O4.ClH/c1-3-15(6-8-17)12(18)10-11-13(19)16(5-4-14-11)7-9-20-2;/h11,14,17H,3-10H2,1-2H3;1H. The Morgan fingerprint density at radius 2 is 2.29 bits per heavy atom. The van der Waals surface area contributed by atoms with Gasteiger partial charge in [0.2, 0.25) is 11.8 Å². The number of aliphatic hydroxyl groups is 1. The summed E-state index contributed by atoms with van der Waals surface area (Å²) in [5, 5.41) is 12.0. The molecule has 2 amide bonds. The van der Waals surface area contributed by atoms with Crippen LogP contribution in [0, 0.1) is 0 Å². The number of methoxy groups -OCH3 is 1. The first-order valence-corrected chi connectivity index (χ1v) is 7.03. The molecule has 0 aromatic heterocycles. The fraction of sp³-hybridized carbons (Fsp3) is 0.846. The molecule has 1 atom stereocenters. The zero-order chi connectivity index (χ0) is 15.0. The van der Waals surface area contributed by atoms with Gasteiger partial charge in [-0.25, -0.2) is 0 Å². The van der Waals surface area contributed by atoms with E-state index in [9.17, 15) is 9.59 Å². The molecule has 1 heterocycles. The second kappa shape index (κ2) is 10.8. The number of piperazine rings is 1. The summed E-state index contributed by atoms with van der Waals surface area (Å²) in [6.07, 6.45) is 0.135. The van der Waals surface area contributed by atoms with E-state index in [2.05, 4.69) is 5.32 Å². The lowest BCUT2D eigenvalue weighted by atomic mass is 10.1. The molecule has 8 heteroatoms. The number of carbonyl (C=O) groups excluding carboxylic acids is 2. The van der Waals surface area contributed by atoms with Crippen LogP contribution in [0.4, 0.5) is 0 Å². The Morgan fingerprint density at radius 3 is 2.86 bits per heavy atom. The molecule has 124 valence electrons. The van der Waals surface area contributed by atoms with Crippen LogP contribution >= 0.6 is 12.4 Å². The van der Waals surface area contributed by atoms with E-state index in [0.29, 0.717) is 39.3 Å². The van der Waals surface area contributed by atoms with Gasteiger partial charge in [-0.1, -0.05) is 0 Å². The predicted molar refractivity (Wildman–Crippen MR) is 81.5 cm³/mol. The lowest BCUT2D eigenvalue weighted by Crippen LogP contribution is -2.57. The molecule has 1 saturated heterocycles. The largest absolute Gasteiger partial charge is 0.395 e. The lowest BCUT2D eigenvalue weighted by Gasteiger charge is -2.33. The first kappa shape index (κ1) is 20.1. The molecule has 0 aromatic carbocycles. The normalized spacial score (nSPS) is 18.3. The van der Waals surface area contributed by atoms with Crippen LogP contribution in [0.3, 0.4) is 0 Å². The smallest absolute Gasteiger partial charge is 0.240 e. The van der Waals surface area contributed by atoms with Gasteiger partial charge in [0.15, 0.2) is 0 Å². The minimum atomic E-state index is -0.471. The summed E-state index contributed by atoms with van der Waals surface area (Å²) in [6, 6.07) is -0.471. The predicted octanol–water partition coefficient (Wildman–Crippen LogP) is -0.914. The number of halogens is 1. The van der Waals surface area contributed by atoms with Gasteiger partial charge in [-0.2, -0.15) is 0 Å². The van der Waals surface area contributed by atoms with Gasteiger partial charge >= 0.3 is 0 Å². The number of aliphatic hydroxyl groups excluding tert-OH is 1. The Hall–Kier alpha value is -0.890. The summed E-state index contributed by atoms with van der Waals surface area (Å²) >= 11 is 0. The summed E-state index contributed by atoms with van der Waals surface area (Å²) in [4.78, 5) is 27.6. The molecule has 0 aliphatic carbocycles. The highest BCUT2D eigenvalue weighted by atomic mass is 35.5. The zero-order valence-electron chi connectivity index (χ0n) is 12.7. The molecule has 1 aliphatic heterocycles. The van der Waals surface area contributed by atoms with Crippen LogP contribution in [0.25, 0.3) is 0 Å². The molecule has 0 radical (unpaired) electrons. The van der Waals surface area contributed by atoms with Gasteiger partial charge in [0, 0.05) is 39.8 Å². The summed E-state index contributed by atoms with van der Waals surface area (Å²) < 4.78 is 4.98. The van der Waals surface area contributed by atoms with E-state index in [1.165, 1.54) is 0 Å². The summed E-state index contributed by atoms with van der Waals surface area (Å²) in [6.45, 7) is 5.01. The maximum atomic E-state index is 12.2. The molecule has 7 nitrogen and oxygen atoms in total. The fourth-order valence-corrected chi connectivity index (χ4v) is 2.26. The highest BCUT2D eigenvalue weighted by molar-refractivity contribution is 5.89. The molecular weight excluding hydrogens is 298 g/mol. The van der Waals surface area contributed by atoms with Gasteiger partial charge in [-0.15, -0.1) is 12.4 Å². The first-order valence-electron chi connectivity index (χ1n) is 7.03. The quantitative estimate of drug-likeness (QED) is 0.604. The molecule has 21 heavy (non-hydrogen) atoms. The van der Waals surface area contributed by atoms with Crippen molar-refractivity contribution in [2.24, 2.45) is 0 Å². The molecule has 1 aliphatic rings. The summed E-state index contributed by atoms with van der Waals surface area (Å²) in [7, 11) is 1.60. The van der Waals surface area contributed by atoms with E-state index in [-0.39, 0.29) is 37.2 Å². The average molecular weight is 324 g/mol. The van der Waals surface area contributed by atoms with Gasteiger partial charge < -0.3 is 25.0 Å². The highest BCUT2D eigenvalue weighted by Crippen LogP contribution is 2.07. The van der Waals surface area contributed by atoms with E-state index >= 15 is 0 Å². The van der Waals surface area contributed by atoms with Crippen LogP contribution in [0.2, 0.25) is 0 Å². The number of likely N-dealkylation sites (N-methyl/N-ethyl adjacent to an activating group) is 1. The molecule has 2 N–H and O–H groups in total. The van der Waals surface area contributed by atoms with Crippen LogP contribution in [0.15, 0.2) is 0 Å². The first-order chi connectivity index (χ1) is 9.63. The Kier molecular flexibility index (Phi) is 10.3. The van der Waals surface area contributed by atoms with Crippen LogP contribution in [-0.4, -0.2) is 85.8 Å². The maximum Gasteiger partial charge on any atom is 0.240 e. The van der Waals surface area contributed by atoms with Crippen molar-refractivity contribution >= 4 is 24.2 Å². The molecule has 0 bridgehead atoms. The Balaban J connectivity index is 0.00000400. The third-order valence-electron chi connectivity index (χ3n) is 3.43. The number of carbonyl (C=O) groups is 2. The van der Waals surface area contributed by atoms with Crippen molar-refractivity contribution in [3.05, 3.63) is 0 Å². The van der Waals surface area contributed by atoms with Crippen molar-refractivity contribution in [1.82, 2.24) is 15.1 Å². The van der Waals surface area contributed by atoms with Crippen molar-refractivity contribution in [1.29, 1.82) is 0 Å². The van der Waals surface area contributed by atoms with Crippen LogP contribution in [0.1, 0.15) is 13.3 Å². The molecule has 1 unspecified atom stereocenters. The van der Waals surface area contributed by atoms with E-state index in [0.717, 1.165) is 0 Å². The fourth-order valence-electron chi connectivity index (χ4n) is 2.26. The Labute approximate surface area is 132 Å². The van der Waals surface area contributed by atoms with E-state index in [1.54, 1.807) is 16.9 Å². The maximum absolute atomic E-state index is 12.2. The van der Waals surface area contributed by atoms with Crippen molar-refractivity contribution in [2.45, 2.75) is 19.4 Å². The monoisotopic (exact) mass is 323 g/mol. The molecule has 1 fully saturated rings. The van der Waals surface area contributed by atoms with E-state index in [4.69, 9.17) is 9.84 Å². The van der Waals surface area contributed by atoms with Gasteiger partial charge in [-0.3, -0.25) is 9.59 Å². The SMILES string of the molecule is CCN(CCO)C(=O)CC1NCCN(CCOC)C1=O.Cl. The highest BCUT2D eigenvalue weighted by Gasteiger charge is 2.30. The van der Waals surface area contributed by atoms with Gasteiger partial charge in [0.25, 0.3) is 0 Å². The summed E-state index contributed by atoms with van der Waals surface area (Å²) in [5.74, 6) is -0.164. The van der Waals surface area contributed by atoms with Crippen LogP contribution < -0.4 is 5.32 Å². The second-order valence-electron chi connectivity index (χ2n) is 4.73. The Morgan fingerprint density at radius 1 is 1.57 bits per heavy atom. The minimum Gasteiger partial charge on any atom is -0.395 e. The number of ether oxygens (including phenoxy) is 1.